The Morgan fingerprint density at radius 3 is 2.53 bits per heavy atom. The van der Waals surface area contributed by atoms with E-state index in [4.69, 9.17) is 14.2 Å². The Hall–Kier alpha value is -0.650. The third kappa shape index (κ3) is 6.00. The van der Waals surface area contributed by atoms with E-state index < -0.39 is 5.54 Å². The van der Waals surface area contributed by atoms with Gasteiger partial charge < -0.3 is 19.5 Å². The van der Waals surface area contributed by atoms with Crippen molar-refractivity contribution < 1.29 is 19.0 Å². The van der Waals surface area contributed by atoms with Gasteiger partial charge in [-0.3, -0.25) is 4.79 Å². The molecular weight excluding hydrogens is 222 g/mol. The van der Waals surface area contributed by atoms with Crippen molar-refractivity contribution in [3.8, 4) is 0 Å². The molecule has 0 amide bonds. The van der Waals surface area contributed by atoms with Crippen molar-refractivity contribution in [3.05, 3.63) is 0 Å². The van der Waals surface area contributed by atoms with Crippen molar-refractivity contribution in [1.82, 2.24) is 5.32 Å². The third-order valence-corrected chi connectivity index (χ3v) is 2.66. The van der Waals surface area contributed by atoms with E-state index in [0.717, 1.165) is 0 Å². The summed E-state index contributed by atoms with van der Waals surface area (Å²) in [5.74, 6) is -0.246. The Bertz CT molecular complexity index is 223. The summed E-state index contributed by atoms with van der Waals surface area (Å²) in [5.41, 5.74) is -0.706. The van der Waals surface area contributed by atoms with Gasteiger partial charge in [-0.2, -0.15) is 0 Å². The van der Waals surface area contributed by atoms with E-state index in [9.17, 15) is 4.79 Å². The molecular formula is C12H25NO4. The zero-order valence-corrected chi connectivity index (χ0v) is 11.5. The molecule has 2 atom stereocenters. The van der Waals surface area contributed by atoms with Crippen LogP contribution >= 0.6 is 0 Å². The van der Waals surface area contributed by atoms with Gasteiger partial charge in [0, 0.05) is 13.5 Å². The molecule has 0 aliphatic heterocycles. The SMILES string of the molecule is CCOC(=O)C(C)(CC(C)OCCOC)NC. The maximum absolute atomic E-state index is 11.8. The van der Waals surface area contributed by atoms with Crippen LogP contribution < -0.4 is 5.32 Å². The number of nitrogens with one attached hydrogen (secondary N) is 1. The Labute approximate surface area is 104 Å². The highest BCUT2D eigenvalue weighted by molar-refractivity contribution is 5.80. The molecule has 0 rings (SSSR count). The van der Waals surface area contributed by atoms with Crippen LogP contribution in [0.15, 0.2) is 0 Å². The lowest BCUT2D eigenvalue weighted by atomic mass is 9.95. The number of carbonyl (C=O) groups excluding carboxylic acids is 1. The predicted molar refractivity (Wildman–Crippen MR) is 66.0 cm³/mol. The first kappa shape index (κ1) is 16.4. The van der Waals surface area contributed by atoms with Crippen molar-refractivity contribution >= 4 is 5.97 Å². The van der Waals surface area contributed by atoms with Gasteiger partial charge in [0.2, 0.25) is 0 Å². The van der Waals surface area contributed by atoms with Crippen molar-refractivity contribution in [2.45, 2.75) is 38.8 Å². The molecule has 102 valence electrons. The molecule has 0 spiro atoms. The fourth-order valence-corrected chi connectivity index (χ4v) is 1.54. The molecule has 0 fully saturated rings. The van der Waals surface area contributed by atoms with Crippen LogP contribution in [0.25, 0.3) is 0 Å². The first-order valence-electron chi connectivity index (χ1n) is 5.96. The summed E-state index contributed by atoms with van der Waals surface area (Å²) in [7, 11) is 3.38. The summed E-state index contributed by atoms with van der Waals surface area (Å²) in [6.45, 7) is 7.02. The van der Waals surface area contributed by atoms with E-state index in [1.54, 1.807) is 21.1 Å². The second kappa shape index (κ2) is 8.44. The molecule has 0 heterocycles. The number of hydrogen-bond donors (Lipinski definition) is 1. The quantitative estimate of drug-likeness (QED) is 0.486. The second-order valence-corrected chi connectivity index (χ2v) is 4.18. The molecule has 0 aromatic rings. The van der Waals surface area contributed by atoms with Crippen LogP contribution in [0.4, 0.5) is 0 Å². The van der Waals surface area contributed by atoms with Crippen LogP contribution in [0.1, 0.15) is 27.2 Å². The fourth-order valence-electron chi connectivity index (χ4n) is 1.54. The molecule has 2 unspecified atom stereocenters. The Morgan fingerprint density at radius 2 is 2.06 bits per heavy atom. The van der Waals surface area contributed by atoms with Crippen LogP contribution in [0.5, 0.6) is 0 Å². The number of hydrogen-bond acceptors (Lipinski definition) is 5. The number of esters is 1. The van der Waals surface area contributed by atoms with Gasteiger partial charge in [-0.1, -0.05) is 0 Å². The molecule has 0 saturated heterocycles. The van der Waals surface area contributed by atoms with Crippen molar-refractivity contribution in [1.29, 1.82) is 0 Å². The number of ether oxygens (including phenoxy) is 3. The number of methoxy groups -OCH3 is 1. The number of carbonyl (C=O) groups is 1. The van der Waals surface area contributed by atoms with E-state index in [-0.39, 0.29) is 12.1 Å². The van der Waals surface area contributed by atoms with Crippen LogP contribution in [-0.2, 0) is 19.0 Å². The number of rotatable bonds is 9. The monoisotopic (exact) mass is 247 g/mol. The highest BCUT2D eigenvalue weighted by atomic mass is 16.5. The zero-order chi connectivity index (χ0) is 13.3. The van der Waals surface area contributed by atoms with Crippen LogP contribution in [0.3, 0.4) is 0 Å². The lowest BCUT2D eigenvalue weighted by Crippen LogP contribution is -2.50. The smallest absolute Gasteiger partial charge is 0.326 e. The highest BCUT2D eigenvalue weighted by Gasteiger charge is 2.34. The molecule has 0 bridgehead atoms. The summed E-state index contributed by atoms with van der Waals surface area (Å²) in [6.07, 6.45) is 0.526. The second-order valence-electron chi connectivity index (χ2n) is 4.18. The molecule has 0 aromatic carbocycles. The summed E-state index contributed by atoms with van der Waals surface area (Å²) >= 11 is 0. The van der Waals surface area contributed by atoms with Crippen LogP contribution in [0, 0.1) is 0 Å². The minimum atomic E-state index is -0.706. The Kier molecular flexibility index (Phi) is 8.12. The number of likely N-dealkylation sites (N-methyl/N-ethyl adjacent to an activating group) is 1. The third-order valence-electron chi connectivity index (χ3n) is 2.66. The van der Waals surface area contributed by atoms with Gasteiger partial charge in [-0.05, 0) is 27.8 Å². The summed E-state index contributed by atoms with van der Waals surface area (Å²) < 4.78 is 15.5. The Balaban J connectivity index is 4.21. The zero-order valence-electron chi connectivity index (χ0n) is 11.5. The van der Waals surface area contributed by atoms with E-state index in [1.165, 1.54) is 0 Å². The molecule has 0 aliphatic rings. The molecule has 0 aromatic heterocycles. The summed E-state index contributed by atoms with van der Waals surface area (Å²) in [5, 5.41) is 3.00. The van der Waals surface area contributed by atoms with Gasteiger partial charge in [-0.25, -0.2) is 0 Å². The maximum Gasteiger partial charge on any atom is 0.326 e. The summed E-state index contributed by atoms with van der Waals surface area (Å²) in [4.78, 5) is 11.8. The minimum absolute atomic E-state index is 0.0352. The average Bonchev–Trinajstić information content (AvgIpc) is 2.29. The standard InChI is InChI=1S/C12H25NO4/c1-6-16-11(14)12(3,13-4)9-10(2)17-8-7-15-5/h10,13H,6-9H2,1-5H3. The fraction of sp³-hybridized carbons (Fsp3) is 0.917. The van der Waals surface area contributed by atoms with Gasteiger partial charge >= 0.3 is 5.97 Å². The normalized spacial score (nSPS) is 16.3. The van der Waals surface area contributed by atoms with Crippen LogP contribution in [0.2, 0.25) is 0 Å². The van der Waals surface area contributed by atoms with E-state index >= 15 is 0 Å². The Morgan fingerprint density at radius 1 is 1.41 bits per heavy atom. The topological polar surface area (TPSA) is 56.8 Å². The molecule has 17 heavy (non-hydrogen) atoms. The lowest BCUT2D eigenvalue weighted by Gasteiger charge is -2.29. The average molecular weight is 247 g/mol. The van der Waals surface area contributed by atoms with Crippen molar-refractivity contribution in [3.63, 3.8) is 0 Å². The largest absolute Gasteiger partial charge is 0.465 e. The summed E-state index contributed by atoms with van der Waals surface area (Å²) in [6, 6.07) is 0. The molecule has 1 N–H and O–H groups in total. The highest BCUT2D eigenvalue weighted by Crippen LogP contribution is 2.16. The van der Waals surface area contributed by atoms with Crippen molar-refractivity contribution in [2.75, 3.05) is 34.0 Å². The van der Waals surface area contributed by atoms with Gasteiger partial charge in [-0.15, -0.1) is 0 Å². The molecule has 0 aliphatic carbocycles. The van der Waals surface area contributed by atoms with Gasteiger partial charge in [0.1, 0.15) is 5.54 Å². The van der Waals surface area contributed by atoms with Crippen molar-refractivity contribution in [2.24, 2.45) is 0 Å². The predicted octanol–water partition coefficient (Wildman–Crippen LogP) is 0.969. The van der Waals surface area contributed by atoms with Gasteiger partial charge in [0.05, 0.1) is 25.9 Å². The molecule has 0 saturated carbocycles. The first-order chi connectivity index (χ1) is 8.00. The lowest BCUT2D eigenvalue weighted by molar-refractivity contribution is -0.152. The van der Waals surface area contributed by atoms with E-state index in [1.807, 2.05) is 13.8 Å². The molecule has 5 nitrogen and oxygen atoms in total. The van der Waals surface area contributed by atoms with E-state index in [0.29, 0.717) is 26.2 Å². The van der Waals surface area contributed by atoms with E-state index in [2.05, 4.69) is 5.32 Å². The van der Waals surface area contributed by atoms with Gasteiger partial charge in [0.15, 0.2) is 0 Å². The van der Waals surface area contributed by atoms with Gasteiger partial charge in [0.25, 0.3) is 0 Å². The minimum Gasteiger partial charge on any atom is -0.465 e. The molecule has 0 radical (unpaired) electrons. The van der Waals surface area contributed by atoms with Crippen LogP contribution in [-0.4, -0.2) is 51.6 Å². The first-order valence-corrected chi connectivity index (χ1v) is 5.96. The maximum atomic E-state index is 11.8. The molecule has 5 heteroatoms.